The van der Waals surface area contributed by atoms with Crippen molar-refractivity contribution in [1.82, 2.24) is 4.98 Å². The molecule has 2 aliphatic rings. The van der Waals surface area contributed by atoms with Gasteiger partial charge in [-0.15, -0.1) is 0 Å². The van der Waals surface area contributed by atoms with E-state index in [9.17, 15) is 0 Å². The van der Waals surface area contributed by atoms with E-state index in [1.807, 2.05) is 6.07 Å². The van der Waals surface area contributed by atoms with Gasteiger partial charge in [0.15, 0.2) is 5.58 Å². The quantitative estimate of drug-likeness (QED) is 0.156. The van der Waals surface area contributed by atoms with E-state index in [-0.39, 0.29) is 0 Å². The maximum Gasteiger partial charge on any atom is 0.227 e. The van der Waals surface area contributed by atoms with Crippen LogP contribution in [0.2, 0.25) is 0 Å². The number of oxazole rings is 1. The fourth-order valence-electron chi connectivity index (χ4n) is 9.08. The minimum atomic E-state index is 0.344. The van der Waals surface area contributed by atoms with E-state index in [2.05, 4.69) is 181 Å². The molecule has 0 amide bonds. The summed E-state index contributed by atoms with van der Waals surface area (Å²) in [6.45, 7) is 0. The predicted octanol–water partition coefficient (Wildman–Crippen LogP) is 14.3. The van der Waals surface area contributed by atoms with Gasteiger partial charge in [0.05, 0.1) is 0 Å². The molecule has 56 heavy (non-hydrogen) atoms. The van der Waals surface area contributed by atoms with E-state index in [0.29, 0.717) is 17.9 Å². The van der Waals surface area contributed by atoms with Gasteiger partial charge < -0.3 is 9.32 Å². The molecule has 1 heterocycles. The van der Waals surface area contributed by atoms with Crippen molar-refractivity contribution in [3.05, 3.63) is 199 Å². The molecule has 10 rings (SSSR count). The Bertz CT molecular complexity index is 2690. The second-order valence-electron chi connectivity index (χ2n) is 15.3. The molecular weight excluding hydrogens is 681 g/mol. The summed E-state index contributed by atoms with van der Waals surface area (Å²) in [6, 6.07) is 61.3. The molecule has 2 unspecified atom stereocenters. The molecule has 3 heteroatoms. The van der Waals surface area contributed by atoms with Crippen molar-refractivity contribution in [2.24, 2.45) is 0 Å². The van der Waals surface area contributed by atoms with E-state index < -0.39 is 0 Å². The molecule has 1 aromatic heterocycles. The van der Waals surface area contributed by atoms with Crippen LogP contribution in [0.4, 0.5) is 5.69 Å². The first-order valence-corrected chi connectivity index (χ1v) is 20.1. The van der Waals surface area contributed by atoms with Gasteiger partial charge in [0.1, 0.15) is 5.52 Å². The van der Waals surface area contributed by atoms with Crippen LogP contribution >= 0.6 is 0 Å². The molecular formula is C53H44N2O. The number of nitrogens with zero attached hydrogens (tertiary/aromatic N) is 2. The molecule has 0 saturated heterocycles. The van der Waals surface area contributed by atoms with Gasteiger partial charge in [-0.1, -0.05) is 152 Å². The molecule has 2 atom stereocenters. The average Bonchev–Trinajstić information content (AvgIpc) is 3.73. The van der Waals surface area contributed by atoms with Crippen LogP contribution in [0.15, 0.2) is 192 Å². The highest BCUT2D eigenvalue weighted by Crippen LogP contribution is 2.44. The lowest BCUT2D eigenvalue weighted by Crippen LogP contribution is -2.36. The molecule has 0 fully saturated rings. The number of hydrogen-bond acceptors (Lipinski definition) is 3. The zero-order valence-electron chi connectivity index (χ0n) is 31.5. The zero-order valence-corrected chi connectivity index (χ0v) is 31.5. The summed E-state index contributed by atoms with van der Waals surface area (Å²) < 4.78 is 6.66. The molecule has 272 valence electrons. The summed E-state index contributed by atoms with van der Waals surface area (Å²) in [5.41, 5.74) is 14.6. The average molecular weight is 725 g/mol. The van der Waals surface area contributed by atoms with Gasteiger partial charge in [0.25, 0.3) is 0 Å². The second kappa shape index (κ2) is 15.0. The van der Waals surface area contributed by atoms with E-state index >= 15 is 0 Å². The standard InChI is InChI=1S/C53H44N2O/c1-4-13-37(14-5-1)39-23-25-43(26-24-39)53-54-50-36-35-48-49(52(50)56-53)21-12-22-51(48)55(44-31-27-40(28-32-44)38-15-6-2-7-16-38)45-33-29-42(30-34-45)47-20-11-10-19-46(47)41-17-8-3-9-18-41/h1-26,29,31,35-36,40,45H,27-28,30,32-34H2. The Labute approximate surface area is 329 Å². The first-order chi connectivity index (χ1) is 27.8. The number of anilines is 1. The number of fused-ring (bicyclic) bond motifs is 3. The van der Waals surface area contributed by atoms with Crippen LogP contribution in [-0.4, -0.2) is 11.0 Å². The molecule has 0 spiro atoms. The third kappa shape index (κ3) is 6.54. The van der Waals surface area contributed by atoms with Crippen LogP contribution in [-0.2, 0) is 0 Å². The van der Waals surface area contributed by atoms with Gasteiger partial charge in [-0.2, -0.15) is 0 Å². The van der Waals surface area contributed by atoms with Gasteiger partial charge in [0, 0.05) is 33.8 Å². The van der Waals surface area contributed by atoms with Gasteiger partial charge in [-0.3, -0.25) is 0 Å². The molecule has 7 aromatic carbocycles. The molecule has 0 N–H and O–H groups in total. The monoisotopic (exact) mass is 724 g/mol. The summed E-state index contributed by atoms with van der Waals surface area (Å²) in [4.78, 5) is 7.69. The van der Waals surface area contributed by atoms with Gasteiger partial charge in [-0.05, 0) is 114 Å². The minimum Gasteiger partial charge on any atom is -0.435 e. The van der Waals surface area contributed by atoms with Crippen molar-refractivity contribution < 1.29 is 4.42 Å². The minimum absolute atomic E-state index is 0.344. The fraction of sp³-hybridized carbons (Fsp3) is 0.151. The third-order valence-electron chi connectivity index (χ3n) is 12.0. The smallest absolute Gasteiger partial charge is 0.227 e. The van der Waals surface area contributed by atoms with Crippen LogP contribution in [0.25, 0.3) is 61.2 Å². The number of benzene rings is 7. The topological polar surface area (TPSA) is 29.3 Å². The second-order valence-corrected chi connectivity index (χ2v) is 15.3. The summed E-state index contributed by atoms with van der Waals surface area (Å²) in [6.07, 6.45) is 11.4. The Hall–Kier alpha value is -6.45. The van der Waals surface area contributed by atoms with Crippen LogP contribution in [0.1, 0.15) is 55.6 Å². The molecule has 0 saturated carbocycles. The highest BCUT2D eigenvalue weighted by Gasteiger charge is 2.29. The largest absolute Gasteiger partial charge is 0.435 e. The third-order valence-corrected chi connectivity index (χ3v) is 12.0. The fourth-order valence-corrected chi connectivity index (χ4v) is 9.08. The highest BCUT2D eigenvalue weighted by atomic mass is 16.3. The lowest BCUT2D eigenvalue weighted by atomic mass is 9.83. The highest BCUT2D eigenvalue weighted by molar-refractivity contribution is 6.08. The first kappa shape index (κ1) is 34.1. The lowest BCUT2D eigenvalue weighted by molar-refractivity contribution is 0.534. The van der Waals surface area contributed by atoms with E-state index in [0.717, 1.165) is 60.6 Å². The zero-order chi connectivity index (χ0) is 37.3. The Morgan fingerprint density at radius 1 is 0.500 bits per heavy atom. The Kier molecular flexibility index (Phi) is 9.12. The van der Waals surface area contributed by atoms with Crippen LogP contribution < -0.4 is 4.90 Å². The van der Waals surface area contributed by atoms with Crippen molar-refractivity contribution in [2.75, 3.05) is 4.90 Å². The Balaban J connectivity index is 1.01. The van der Waals surface area contributed by atoms with Gasteiger partial charge >= 0.3 is 0 Å². The predicted molar refractivity (Wildman–Crippen MR) is 233 cm³/mol. The molecule has 0 bridgehead atoms. The van der Waals surface area contributed by atoms with Gasteiger partial charge in [0.2, 0.25) is 5.89 Å². The van der Waals surface area contributed by atoms with Crippen molar-refractivity contribution in [3.63, 3.8) is 0 Å². The maximum atomic E-state index is 6.66. The van der Waals surface area contributed by atoms with Gasteiger partial charge in [-0.25, -0.2) is 4.98 Å². The van der Waals surface area contributed by atoms with Crippen LogP contribution in [0.5, 0.6) is 0 Å². The van der Waals surface area contributed by atoms with Crippen LogP contribution in [0, 0.1) is 0 Å². The van der Waals surface area contributed by atoms with E-state index in [1.54, 1.807) is 0 Å². The van der Waals surface area contributed by atoms with Crippen molar-refractivity contribution in [1.29, 1.82) is 0 Å². The number of allylic oxidation sites excluding steroid dienone is 3. The molecule has 0 radical (unpaired) electrons. The molecule has 8 aromatic rings. The van der Waals surface area contributed by atoms with Crippen molar-refractivity contribution in [2.45, 2.75) is 50.5 Å². The number of rotatable bonds is 8. The molecule has 3 nitrogen and oxygen atoms in total. The summed E-state index contributed by atoms with van der Waals surface area (Å²) in [5, 5.41) is 2.31. The van der Waals surface area contributed by atoms with E-state index in [1.165, 1.54) is 55.7 Å². The van der Waals surface area contributed by atoms with Crippen LogP contribution in [0.3, 0.4) is 0 Å². The molecule has 0 aliphatic heterocycles. The first-order valence-electron chi connectivity index (χ1n) is 20.1. The Morgan fingerprint density at radius 3 is 1.89 bits per heavy atom. The SMILES string of the molecule is C1=C(c2ccccc2-c2ccccc2)CCC(N(C2=CCC(c3ccccc3)CC2)c2cccc3c2ccc2nc(-c4ccc(-c5ccccc5)cc4)oc23)C1. The number of aromatic nitrogens is 1. The van der Waals surface area contributed by atoms with Crippen molar-refractivity contribution in [3.8, 4) is 33.7 Å². The maximum absolute atomic E-state index is 6.66. The number of hydrogen-bond donors (Lipinski definition) is 0. The Morgan fingerprint density at radius 2 is 1.18 bits per heavy atom. The summed E-state index contributed by atoms with van der Waals surface area (Å²) >= 11 is 0. The van der Waals surface area contributed by atoms with E-state index in [4.69, 9.17) is 9.40 Å². The lowest BCUT2D eigenvalue weighted by Gasteiger charge is -2.40. The molecule has 2 aliphatic carbocycles. The van der Waals surface area contributed by atoms with Crippen molar-refractivity contribution >= 4 is 33.1 Å². The summed E-state index contributed by atoms with van der Waals surface area (Å²) in [5.74, 6) is 1.20. The normalized spacial score (nSPS) is 17.1. The summed E-state index contributed by atoms with van der Waals surface area (Å²) in [7, 11) is 0.